The van der Waals surface area contributed by atoms with Crippen LogP contribution in [0, 0.1) is 0 Å². The second-order valence-corrected chi connectivity index (χ2v) is 6.20. The van der Waals surface area contributed by atoms with Gasteiger partial charge in [-0.05, 0) is 39.7 Å². The molecule has 0 spiro atoms. The number of nitrogens with zero attached hydrogens (tertiary/aromatic N) is 2. The molecule has 5 heteroatoms. The SMILES string of the molecule is O=C(/C=C/c1ccccc1)N1CCC(Oc2ncccc2Br)C1. The second-order valence-electron chi connectivity index (χ2n) is 5.35. The van der Waals surface area contributed by atoms with E-state index in [9.17, 15) is 4.79 Å². The Bertz CT molecular complexity index is 703. The molecule has 1 unspecified atom stereocenters. The lowest BCUT2D eigenvalue weighted by Crippen LogP contribution is -2.29. The van der Waals surface area contributed by atoms with Gasteiger partial charge in [-0.3, -0.25) is 4.79 Å². The summed E-state index contributed by atoms with van der Waals surface area (Å²) in [5, 5.41) is 0. The Balaban J connectivity index is 1.56. The molecular weight excluding hydrogens is 356 g/mol. The zero-order valence-corrected chi connectivity index (χ0v) is 14.1. The minimum atomic E-state index is -0.0183. The summed E-state index contributed by atoms with van der Waals surface area (Å²) in [7, 11) is 0. The van der Waals surface area contributed by atoms with Crippen LogP contribution in [-0.2, 0) is 4.79 Å². The van der Waals surface area contributed by atoms with Crippen LogP contribution >= 0.6 is 15.9 Å². The number of pyridine rings is 1. The Hall–Kier alpha value is -2.14. The van der Waals surface area contributed by atoms with Gasteiger partial charge < -0.3 is 9.64 Å². The monoisotopic (exact) mass is 372 g/mol. The summed E-state index contributed by atoms with van der Waals surface area (Å²) in [5.74, 6) is 0.590. The molecule has 1 aromatic heterocycles. The molecule has 2 heterocycles. The maximum atomic E-state index is 12.2. The van der Waals surface area contributed by atoms with E-state index < -0.39 is 0 Å². The average molecular weight is 373 g/mol. The molecule has 1 amide bonds. The molecule has 0 bridgehead atoms. The fourth-order valence-corrected chi connectivity index (χ4v) is 2.83. The van der Waals surface area contributed by atoms with E-state index in [0.717, 1.165) is 16.5 Å². The molecule has 4 nitrogen and oxygen atoms in total. The molecule has 0 aliphatic carbocycles. The minimum Gasteiger partial charge on any atom is -0.472 e. The maximum absolute atomic E-state index is 12.2. The van der Waals surface area contributed by atoms with Crippen molar-refractivity contribution in [3.63, 3.8) is 0 Å². The van der Waals surface area contributed by atoms with Gasteiger partial charge in [-0.1, -0.05) is 30.3 Å². The van der Waals surface area contributed by atoms with Crippen molar-refractivity contribution < 1.29 is 9.53 Å². The van der Waals surface area contributed by atoms with Gasteiger partial charge in [-0.25, -0.2) is 4.98 Å². The molecule has 1 aromatic carbocycles. The molecule has 23 heavy (non-hydrogen) atoms. The molecule has 1 fully saturated rings. The quantitative estimate of drug-likeness (QED) is 0.770. The first-order chi connectivity index (χ1) is 11.2. The van der Waals surface area contributed by atoms with Gasteiger partial charge in [0.25, 0.3) is 0 Å². The van der Waals surface area contributed by atoms with E-state index in [0.29, 0.717) is 19.0 Å². The van der Waals surface area contributed by atoms with Crippen molar-refractivity contribution in [1.29, 1.82) is 0 Å². The number of amides is 1. The van der Waals surface area contributed by atoms with Crippen LogP contribution in [0.15, 0.2) is 59.2 Å². The zero-order valence-electron chi connectivity index (χ0n) is 12.6. The van der Waals surface area contributed by atoms with Crippen LogP contribution in [0.4, 0.5) is 0 Å². The molecular formula is C18H17BrN2O2. The van der Waals surface area contributed by atoms with Gasteiger partial charge in [0.2, 0.25) is 11.8 Å². The fourth-order valence-electron chi connectivity index (χ4n) is 2.48. The van der Waals surface area contributed by atoms with Crippen LogP contribution in [-0.4, -0.2) is 35.0 Å². The van der Waals surface area contributed by atoms with Gasteiger partial charge in [0, 0.05) is 25.2 Å². The largest absolute Gasteiger partial charge is 0.472 e. The average Bonchev–Trinajstić information content (AvgIpc) is 3.04. The van der Waals surface area contributed by atoms with Gasteiger partial charge in [-0.2, -0.15) is 0 Å². The van der Waals surface area contributed by atoms with Crippen LogP contribution in [0.1, 0.15) is 12.0 Å². The lowest BCUT2D eigenvalue weighted by Gasteiger charge is -2.15. The first-order valence-electron chi connectivity index (χ1n) is 7.51. The molecule has 1 saturated heterocycles. The third-order valence-corrected chi connectivity index (χ3v) is 4.28. The molecule has 0 saturated carbocycles. The highest BCUT2D eigenvalue weighted by molar-refractivity contribution is 9.10. The van der Waals surface area contributed by atoms with E-state index in [1.807, 2.05) is 48.5 Å². The summed E-state index contributed by atoms with van der Waals surface area (Å²) in [6, 6.07) is 13.5. The third kappa shape index (κ3) is 4.20. The molecule has 118 valence electrons. The number of likely N-dealkylation sites (tertiary alicyclic amines) is 1. The van der Waals surface area contributed by atoms with Gasteiger partial charge in [0.1, 0.15) is 6.10 Å². The number of carbonyl (C=O) groups is 1. The molecule has 1 atom stereocenters. The van der Waals surface area contributed by atoms with Crippen molar-refractivity contribution in [3.8, 4) is 5.88 Å². The van der Waals surface area contributed by atoms with E-state index in [1.165, 1.54) is 0 Å². The number of hydrogen-bond donors (Lipinski definition) is 0. The summed E-state index contributed by atoms with van der Waals surface area (Å²) in [5.41, 5.74) is 1.02. The van der Waals surface area contributed by atoms with Crippen molar-refractivity contribution in [2.24, 2.45) is 0 Å². The molecule has 0 N–H and O–H groups in total. The molecule has 1 aliphatic rings. The molecule has 2 aromatic rings. The zero-order chi connectivity index (χ0) is 16.1. The predicted octanol–water partition coefficient (Wildman–Crippen LogP) is 3.54. The Morgan fingerprint density at radius 2 is 2.09 bits per heavy atom. The Kier molecular flexibility index (Phi) is 5.08. The number of aromatic nitrogens is 1. The van der Waals surface area contributed by atoms with Gasteiger partial charge in [-0.15, -0.1) is 0 Å². The lowest BCUT2D eigenvalue weighted by molar-refractivity contribution is -0.125. The number of halogens is 1. The van der Waals surface area contributed by atoms with Crippen LogP contribution in [0.5, 0.6) is 5.88 Å². The minimum absolute atomic E-state index is 0.0139. The molecule has 1 aliphatic heterocycles. The Morgan fingerprint density at radius 1 is 1.26 bits per heavy atom. The van der Waals surface area contributed by atoms with Crippen LogP contribution in [0.2, 0.25) is 0 Å². The number of carbonyl (C=O) groups excluding carboxylic acids is 1. The Morgan fingerprint density at radius 3 is 2.87 bits per heavy atom. The van der Waals surface area contributed by atoms with Crippen molar-refractivity contribution in [2.45, 2.75) is 12.5 Å². The van der Waals surface area contributed by atoms with Crippen molar-refractivity contribution >= 4 is 27.9 Å². The number of benzene rings is 1. The standard InChI is InChI=1S/C18H17BrN2O2/c19-16-7-4-11-20-18(16)23-15-10-12-21(13-15)17(22)9-8-14-5-2-1-3-6-14/h1-9,11,15H,10,12-13H2/b9-8+. The highest BCUT2D eigenvalue weighted by atomic mass is 79.9. The van der Waals surface area contributed by atoms with E-state index in [-0.39, 0.29) is 12.0 Å². The number of rotatable bonds is 4. The smallest absolute Gasteiger partial charge is 0.246 e. The summed E-state index contributed by atoms with van der Waals surface area (Å²) in [6.07, 6.45) is 5.95. The van der Waals surface area contributed by atoms with Crippen LogP contribution < -0.4 is 4.74 Å². The first-order valence-corrected chi connectivity index (χ1v) is 8.31. The highest BCUT2D eigenvalue weighted by Gasteiger charge is 2.27. The summed E-state index contributed by atoms with van der Waals surface area (Å²) >= 11 is 3.42. The summed E-state index contributed by atoms with van der Waals surface area (Å²) in [4.78, 5) is 18.2. The normalized spacial score (nSPS) is 17.6. The topological polar surface area (TPSA) is 42.4 Å². The second kappa shape index (κ2) is 7.42. The fraction of sp³-hybridized carbons (Fsp3) is 0.222. The Labute approximate surface area is 143 Å². The lowest BCUT2D eigenvalue weighted by atomic mass is 10.2. The van der Waals surface area contributed by atoms with Crippen molar-refractivity contribution in [2.75, 3.05) is 13.1 Å². The van der Waals surface area contributed by atoms with Crippen LogP contribution in [0.25, 0.3) is 6.08 Å². The molecule has 3 rings (SSSR count). The predicted molar refractivity (Wildman–Crippen MR) is 93.0 cm³/mol. The van der Waals surface area contributed by atoms with Crippen molar-refractivity contribution in [3.05, 3.63) is 64.8 Å². The van der Waals surface area contributed by atoms with Crippen molar-refractivity contribution in [1.82, 2.24) is 9.88 Å². The van der Waals surface area contributed by atoms with E-state index in [1.54, 1.807) is 17.2 Å². The first kappa shape index (κ1) is 15.7. The highest BCUT2D eigenvalue weighted by Crippen LogP contribution is 2.24. The van der Waals surface area contributed by atoms with Gasteiger partial charge in [0.15, 0.2) is 0 Å². The number of hydrogen-bond acceptors (Lipinski definition) is 3. The van der Waals surface area contributed by atoms with E-state index in [2.05, 4.69) is 20.9 Å². The van der Waals surface area contributed by atoms with Gasteiger partial charge in [0.05, 0.1) is 11.0 Å². The van der Waals surface area contributed by atoms with E-state index in [4.69, 9.17) is 4.74 Å². The van der Waals surface area contributed by atoms with E-state index >= 15 is 0 Å². The summed E-state index contributed by atoms with van der Waals surface area (Å²) in [6.45, 7) is 1.29. The third-order valence-electron chi connectivity index (χ3n) is 3.68. The van der Waals surface area contributed by atoms with Gasteiger partial charge >= 0.3 is 0 Å². The summed E-state index contributed by atoms with van der Waals surface area (Å²) < 4.78 is 6.70. The molecule has 0 radical (unpaired) electrons. The maximum Gasteiger partial charge on any atom is 0.246 e. The number of ether oxygens (including phenoxy) is 1. The van der Waals surface area contributed by atoms with Crippen LogP contribution in [0.3, 0.4) is 0 Å².